The van der Waals surface area contributed by atoms with Crippen LogP contribution in [0.15, 0.2) is 22.6 Å². The molecule has 0 unspecified atom stereocenters. The maximum absolute atomic E-state index is 12.3. The first-order valence-corrected chi connectivity index (χ1v) is 7.05. The van der Waals surface area contributed by atoms with Gasteiger partial charge in [-0.25, -0.2) is 4.98 Å². The van der Waals surface area contributed by atoms with E-state index in [9.17, 15) is 4.79 Å². The summed E-state index contributed by atoms with van der Waals surface area (Å²) in [6.07, 6.45) is 4.12. The van der Waals surface area contributed by atoms with E-state index in [4.69, 9.17) is 0 Å². The number of hydrogen-bond donors (Lipinski definition) is 0. The standard InChI is InChI=1S/C13H17N3OS/c1-15(2)7-13(4-5-13)8-16-9-14-11-10(12(16)17)3-6-18-11/h3,6,9H,4-5,7-8H2,1-2H3. The molecule has 4 nitrogen and oxygen atoms in total. The highest BCUT2D eigenvalue weighted by Gasteiger charge is 2.43. The minimum atomic E-state index is 0.103. The van der Waals surface area contributed by atoms with Crippen LogP contribution in [0.2, 0.25) is 0 Å². The van der Waals surface area contributed by atoms with Crippen LogP contribution in [0.1, 0.15) is 12.8 Å². The monoisotopic (exact) mass is 263 g/mol. The third kappa shape index (κ3) is 2.08. The third-order valence-electron chi connectivity index (χ3n) is 3.56. The molecule has 0 spiro atoms. The van der Waals surface area contributed by atoms with E-state index in [1.54, 1.807) is 10.9 Å². The minimum absolute atomic E-state index is 0.103. The first-order chi connectivity index (χ1) is 8.60. The van der Waals surface area contributed by atoms with Gasteiger partial charge in [0, 0.05) is 18.5 Å². The molecular weight excluding hydrogens is 246 g/mol. The molecule has 1 saturated carbocycles. The van der Waals surface area contributed by atoms with Crippen molar-refractivity contribution in [3.8, 4) is 0 Å². The summed E-state index contributed by atoms with van der Waals surface area (Å²) in [6, 6.07) is 1.87. The van der Waals surface area contributed by atoms with Crippen molar-refractivity contribution < 1.29 is 0 Å². The highest BCUT2D eigenvalue weighted by molar-refractivity contribution is 7.16. The maximum atomic E-state index is 12.3. The number of nitrogens with zero attached hydrogens (tertiary/aromatic N) is 3. The van der Waals surface area contributed by atoms with E-state index in [0.29, 0.717) is 5.41 Å². The highest BCUT2D eigenvalue weighted by atomic mass is 32.1. The Balaban J connectivity index is 1.91. The smallest absolute Gasteiger partial charge is 0.262 e. The van der Waals surface area contributed by atoms with Gasteiger partial charge in [-0.15, -0.1) is 11.3 Å². The average molecular weight is 263 g/mol. The topological polar surface area (TPSA) is 38.1 Å². The summed E-state index contributed by atoms with van der Waals surface area (Å²) in [7, 11) is 4.17. The molecule has 0 aromatic carbocycles. The van der Waals surface area contributed by atoms with E-state index in [-0.39, 0.29) is 5.56 Å². The Bertz CT molecular complexity index is 624. The Morgan fingerprint density at radius 2 is 2.28 bits per heavy atom. The SMILES string of the molecule is CN(C)CC1(Cn2cnc3sccc3c2=O)CC1. The fraction of sp³-hybridized carbons (Fsp3) is 0.538. The molecule has 0 bridgehead atoms. The number of fused-ring (bicyclic) bond motifs is 1. The fourth-order valence-electron chi connectivity index (χ4n) is 2.58. The molecule has 0 saturated heterocycles. The second kappa shape index (κ2) is 4.17. The molecule has 2 aromatic rings. The molecule has 0 radical (unpaired) electrons. The van der Waals surface area contributed by atoms with Crippen LogP contribution in [0.4, 0.5) is 0 Å². The molecule has 0 aliphatic heterocycles. The number of aromatic nitrogens is 2. The largest absolute Gasteiger partial charge is 0.309 e. The zero-order valence-corrected chi connectivity index (χ0v) is 11.5. The van der Waals surface area contributed by atoms with E-state index in [0.717, 1.165) is 23.3 Å². The Hall–Kier alpha value is -1.20. The van der Waals surface area contributed by atoms with Crippen LogP contribution in [0.3, 0.4) is 0 Å². The molecule has 0 N–H and O–H groups in total. The fourth-order valence-corrected chi connectivity index (χ4v) is 3.30. The van der Waals surface area contributed by atoms with Gasteiger partial charge in [0.2, 0.25) is 0 Å². The van der Waals surface area contributed by atoms with Crippen LogP contribution in [0.5, 0.6) is 0 Å². The van der Waals surface area contributed by atoms with Crippen molar-refractivity contribution in [3.05, 3.63) is 28.1 Å². The van der Waals surface area contributed by atoms with Gasteiger partial charge in [0.1, 0.15) is 4.83 Å². The highest BCUT2D eigenvalue weighted by Crippen LogP contribution is 2.47. The van der Waals surface area contributed by atoms with E-state index >= 15 is 0 Å². The second-order valence-electron chi connectivity index (χ2n) is 5.55. The van der Waals surface area contributed by atoms with Gasteiger partial charge < -0.3 is 4.90 Å². The summed E-state index contributed by atoms with van der Waals surface area (Å²) in [6.45, 7) is 1.84. The van der Waals surface area contributed by atoms with Gasteiger partial charge in [0.05, 0.1) is 11.7 Å². The first kappa shape index (κ1) is 11.9. The normalized spacial score (nSPS) is 17.5. The van der Waals surface area contributed by atoms with Crippen LogP contribution in [-0.4, -0.2) is 35.1 Å². The van der Waals surface area contributed by atoms with Crippen molar-refractivity contribution in [3.63, 3.8) is 0 Å². The molecule has 0 atom stereocenters. The van der Waals surface area contributed by atoms with Gasteiger partial charge in [-0.2, -0.15) is 0 Å². The van der Waals surface area contributed by atoms with Gasteiger partial charge in [-0.3, -0.25) is 9.36 Å². The summed E-state index contributed by atoms with van der Waals surface area (Å²) in [5.74, 6) is 0. The van der Waals surface area contributed by atoms with E-state index in [1.165, 1.54) is 24.2 Å². The van der Waals surface area contributed by atoms with Crippen molar-refractivity contribution >= 4 is 21.6 Å². The zero-order valence-electron chi connectivity index (χ0n) is 10.7. The molecule has 18 heavy (non-hydrogen) atoms. The zero-order chi connectivity index (χ0) is 12.8. The predicted octanol–water partition coefficient (Wildman–Crippen LogP) is 1.80. The molecule has 2 aromatic heterocycles. The van der Waals surface area contributed by atoms with Crippen LogP contribution in [-0.2, 0) is 6.54 Å². The van der Waals surface area contributed by atoms with Gasteiger partial charge in [-0.1, -0.05) is 0 Å². The van der Waals surface area contributed by atoms with Crippen molar-refractivity contribution in [2.24, 2.45) is 5.41 Å². The quantitative estimate of drug-likeness (QED) is 0.844. The molecule has 1 aliphatic rings. The summed E-state index contributed by atoms with van der Waals surface area (Å²) in [5, 5.41) is 2.68. The summed E-state index contributed by atoms with van der Waals surface area (Å²) in [4.78, 5) is 19.7. The lowest BCUT2D eigenvalue weighted by atomic mass is 10.1. The Kier molecular flexibility index (Phi) is 2.75. The van der Waals surface area contributed by atoms with Crippen LogP contribution < -0.4 is 5.56 Å². The van der Waals surface area contributed by atoms with Crippen molar-refractivity contribution in [2.45, 2.75) is 19.4 Å². The minimum Gasteiger partial charge on any atom is -0.309 e. The van der Waals surface area contributed by atoms with Crippen molar-refractivity contribution in [1.82, 2.24) is 14.5 Å². The molecule has 3 rings (SSSR count). The first-order valence-electron chi connectivity index (χ1n) is 6.17. The molecule has 96 valence electrons. The Labute approximate surface area is 110 Å². The summed E-state index contributed by atoms with van der Waals surface area (Å²) in [5.41, 5.74) is 0.393. The van der Waals surface area contributed by atoms with Gasteiger partial charge in [0.15, 0.2) is 0 Å². The molecule has 0 amide bonds. The van der Waals surface area contributed by atoms with Crippen LogP contribution in [0.25, 0.3) is 10.2 Å². The van der Waals surface area contributed by atoms with Crippen molar-refractivity contribution in [2.75, 3.05) is 20.6 Å². The van der Waals surface area contributed by atoms with Gasteiger partial charge >= 0.3 is 0 Å². The molecule has 1 aliphatic carbocycles. The number of thiophene rings is 1. The Morgan fingerprint density at radius 1 is 1.50 bits per heavy atom. The van der Waals surface area contributed by atoms with E-state index in [1.807, 2.05) is 11.4 Å². The lowest BCUT2D eigenvalue weighted by Crippen LogP contribution is -2.31. The summed E-state index contributed by atoms with van der Waals surface area (Å²) >= 11 is 1.52. The molecule has 5 heteroatoms. The second-order valence-corrected chi connectivity index (χ2v) is 6.45. The maximum Gasteiger partial charge on any atom is 0.262 e. The Morgan fingerprint density at radius 3 is 2.94 bits per heavy atom. The molecular formula is C13H17N3OS. The van der Waals surface area contributed by atoms with Crippen molar-refractivity contribution in [1.29, 1.82) is 0 Å². The third-order valence-corrected chi connectivity index (χ3v) is 4.39. The lowest BCUT2D eigenvalue weighted by Gasteiger charge is -2.20. The number of hydrogen-bond acceptors (Lipinski definition) is 4. The van der Waals surface area contributed by atoms with Crippen LogP contribution >= 0.6 is 11.3 Å². The van der Waals surface area contributed by atoms with Gasteiger partial charge in [-0.05, 0) is 38.4 Å². The molecule has 2 heterocycles. The molecule has 1 fully saturated rings. The van der Waals surface area contributed by atoms with Crippen LogP contribution in [0, 0.1) is 5.41 Å². The van der Waals surface area contributed by atoms with E-state index in [2.05, 4.69) is 24.0 Å². The summed E-state index contributed by atoms with van der Waals surface area (Å²) < 4.78 is 1.78. The van der Waals surface area contributed by atoms with E-state index < -0.39 is 0 Å². The predicted molar refractivity (Wildman–Crippen MR) is 74.1 cm³/mol. The lowest BCUT2D eigenvalue weighted by molar-refractivity contribution is 0.278. The van der Waals surface area contributed by atoms with Gasteiger partial charge in [0.25, 0.3) is 5.56 Å². The average Bonchev–Trinajstić information content (AvgIpc) is 2.89. The number of rotatable bonds is 4.